The SMILES string of the molecule is CCCCCCCCCCCCCCCC(=O)OC(C(=O)CCCCCCCCCCCCCCC)C(O)CO.NCCOP(=O)(O)O. The Morgan fingerprint density at radius 3 is 1.23 bits per heavy atom. The number of hydrogen-bond acceptors (Lipinski definition) is 8. The Kier molecular flexibility index (Phi) is 38.4. The molecule has 48 heavy (non-hydrogen) atoms. The van der Waals surface area contributed by atoms with Crippen LogP contribution in [-0.2, 0) is 23.4 Å². The van der Waals surface area contributed by atoms with Crippen molar-refractivity contribution in [3.05, 3.63) is 0 Å². The third-order valence-corrected chi connectivity index (χ3v) is 9.02. The highest BCUT2D eigenvalue weighted by molar-refractivity contribution is 7.46. The number of rotatable bonds is 35. The molecule has 0 amide bonds. The molecule has 0 saturated carbocycles. The van der Waals surface area contributed by atoms with E-state index in [2.05, 4.69) is 18.4 Å². The van der Waals surface area contributed by atoms with Crippen molar-refractivity contribution in [2.24, 2.45) is 5.73 Å². The smallest absolute Gasteiger partial charge is 0.451 e. The van der Waals surface area contributed by atoms with Crippen LogP contribution >= 0.6 is 7.82 Å². The van der Waals surface area contributed by atoms with Gasteiger partial charge in [-0.2, -0.15) is 0 Å². The van der Waals surface area contributed by atoms with Crippen molar-refractivity contribution in [1.82, 2.24) is 0 Å². The summed E-state index contributed by atoms with van der Waals surface area (Å²) in [6, 6.07) is 0. The molecular formula is C37H76NO9P. The zero-order valence-corrected chi connectivity index (χ0v) is 31.8. The number of esters is 1. The van der Waals surface area contributed by atoms with E-state index in [1.807, 2.05) is 0 Å². The number of Topliss-reactive ketones (excluding diaryl/α,β-unsaturated/α-hetero) is 1. The molecule has 0 fully saturated rings. The summed E-state index contributed by atoms with van der Waals surface area (Å²) in [4.78, 5) is 40.9. The van der Waals surface area contributed by atoms with Crippen molar-refractivity contribution in [3.8, 4) is 0 Å². The summed E-state index contributed by atoms with van der Waals surface area (Å²) in [5.74, 6) is -0.720. The highest BCUT2D eigenvalue weighted by Gasteiger charge is 2.29. The first kappa shape index (κ1) is 49.2. The Morgan fingerprint density at radius 1 is 0.604 bits per heavy atom. The van der Waals surface area contributed by atoms with Gasteiger partial charge in [0.15, 0.2) is 11.9 Å². The van der Waals surface area contributed by atoms with E-state index in [-0.39, 0.29) is 31.8 Å². The van der Waals surface area contributed by atoms with Crippen LogP contribution in [0.3, 0.4) is 0 Å². The lowest BCUT2D eigenvalue weighted by Gasteiger charge is -2.20. The molecule has 0 aliphatic rings. The van der Waals surface area contributed by atoms with Crippen molar-refractivity contribution in [3.63, 3.8) is 0 Å². The Labute approximate surface area is 293 Å². The molecular weight excluding hydrogens is 633 g/mol. The van der Waals surface area contributed by atoms with Gasteiger partial charge in [0.1, 0.15) is 6.10 Å². The molecule has 2 atom stereocenters. The second-order valence-corrected chi connectivity index (χ2v) is 14.5. The van der Waals surface area contributed by atoms with Crippen LogP contribution < -0.4 is 5.73 Å². The molecule has 0 bridgehead atoms. The Bertz CT molecular complexity index is 750. The van der Waals surface area contributed by atoms with E-state index in [4.69, 9.17) is 20.3 Å². The largest absolute Gasteiger partial charge is 0.469 e. The molecule has 0 saturated heterocycles. The first-order valence-electron chi connectivity index (χ1n) is 19.5. The van der Waals surface area contributed by atoms with Gasteiger partial charge in [-0.05, 0) is 12.8 Å². The van der Waals surface area contributed by atoms with Gasteiger partial charge >= 0.3 is 13.8 Å². The molecule has 6 N–H and O–H groups in total. The molecule has 0 radical (unpaired) electrons. The third kappa shape index (κ3) is 37.9. The number of hydrogen-bond donors (Lipinski definition) is 5. The molecule has 0 heterocycles. The number of ether oxygens (including phenoxy) is 1. The van der Waals surface area contributed by atoms with Gasteiger partial charge in [0.25, 0.3) is 0 Å². The van der Waals surface area contributed by atoms with Gasteiger partial charge in [-0.3, -0.25) is 14.1 Å². The number of ketones is 1. The van der Waals surface area contributed by atoms with E-state index in [1.165, 1.54) is 128 Å². The van der Waals surface area contributed by atoms with Gasteiger partial charge in [-0.1, -0.05) is 168 Å². The highest BCUT2D eigenvalue weighted by Crippen LogP contribution is 2.34. The van der Waals surface area contributed by atoms with Crippen molar-refractivity contribution >= 4 is 19.6 Å². The Morgan fingerprint density at radius 2 is 0.938 bits per heavy atom. The minimum atomic E-state index is -4.26. The van der Waals surface area contributed by atoms with Crippen LogP contribution in [0, 0.1) is 0 Å². The lowest BCUT2D eigenvalue weighted by molar-refractivity contribution is -0.163. The fourth-order valence-corrected chi connectivity index (χ4v) is 5.92. The molecule has 2 unspecified atom stereocenters. The third-order valence-electron chi connectivity index (χ3n) is 8.50. The van der Waals surface area contributed by atoms with Crippen LogP contribution in [-0.4, -0.2) is 63.7 Å². The number of phosphoric acid groups is 1. The van der Waals surface area contributed by atoms with E-state index in [0.29, 0.717) is 0 Å². The van der Waals surface area contributed by atoms with Crippen LogP contribution in [0.5, 0.6) is 0 Å². The summed E-state index contributed by atoms with van der Waals surface area (Å²) in [6.45, 7) is 3.93. The van der Waals surface area contributed by atoms with Crippen LogP contribution in [0.2, 0.25) is 0 Å². The molecule has 0 aliphatic carbocycles. The molecule has 0 aliphatic heterocycles. The number of unbranched alkanes of at least 4 members (excludes halogenated alkanes) is 24. The Hall–Kier alpha value is -0.870. The maximum atomic E-state index is 12.6. The Balaban J connectivity index is 0. The molecule has 0 aromatic heterocycles. The second kappa shape index (κ2) is 37.4. The molecule has 10 nitrogen and oxygen atoms in total. The van der Waals surface area contributed by atoms with Gasteiger partial charge < -0.3 is 30.5 Å². The van der Waals surface area contributed by atoms with Crippen molar-refractivity contribution in [1.29, 1.82) is 0 Å². The summed E-state index contributed by atoms with van der Waals surface area (Å²) in [7, 11) is -4.26. The summed E-state index contributed by atoms with van der Waals surface area (Å²) in [5, 5.41) is 19.4. The van der Waals surface area contributed by atoms with Gasteiger partial charge in [0.05, 0.1) is 13.2 Å². The van der Waals surface area contributed by atoms with E-state index in [9.17, 15) is 24.4 Å². The zero-order valence-electron chi connectivity index (χ0n) is 30.9. The topological polar surface area (TPSA) is 177 Å². The van der Waals surface area contributed by atoms with Crippen LogP contribution in [0.1, 0.15) is 194 Å². The second-order valence-electron chi connectivity index (χ2n) is 13.2. The summed E-state index contributed by atoms with van der Waals surface area (Å²) in [6.07, 6.45) is 30.1. The molecule has 0 rings (SSSR count). The number of aliphatic hydroxyl groups is 2. The summed E-state index contributed by atoms with van der Waals surface area (Å²) >= 11 is 0. The van der Waals surface area contributed by atoms with Crippen molar-refractivity contribution < 1.29 is 43.4 Å². The standard InChI is InChI=1S/C35H68O5.C2H8NO4P/c1-3-5-7-9-11-13-15-17-19-21-23-25-27-29-32(37)35(33(38)31-36)40-34(39)30-28-26-24-22-20-18-16-14-12-10-8-6-4-2;3-1-2-7-8(4,5)6/h33,35-36,38H,3-31H2,1-2H3;1-3H2,(H2,4,5,6). The number of carbonyl (C=O) groups is 2. The number of nitrogens with two attached hydrogens (primary N) is 1. The first-order chi connectivity index (χ1) is 23.1. The quantitative estimate of drug-likeness (QED) is 0.0243. The van der Waals surface area contributed by atoms with Gasteiger partial charge in [0, 0.05) is 19.4 Å². The van der Waals surface area contributed by atoms with E-state index in [1.54, 1.807) is 0 Å². The fraction of sp³-hybridized carbons (Fsp3) is 0.946. The van der Waals surface area contributed by atoms with E-state index < -0.39 is 32.6 Å². The normalized spacial score (nSPS) is 12.7. The fourth-order valence-electron chi connectivity index (χ4n) is 5.57. The average Bonchev–Trinajstić information content (AvgIpc) is 3.06. The van der Waals surface area contributed by atoms with E-state index >= 15 is 0 Å². The predicted octanol–water partition coefficient (Wildman–Crippen LogP) is 8.84. The number of aliphatic hydroxyl groups excluding tert-OH is 2. The van der Waals surface area contributed by atoms with Crippen LogP contribution in [0.4, 0.5) is 0 Å². The van der Waals surface area contributed by atoms with Crippen molar-refractivity contribution in [2.75, 3.05) is 19.8 Å². The maximum Gasteiger partial charge on any atom is 0.469 e. The maximum absolute atomic E-state index is 12.6. The molecule has 0 aromatic rings. The monoisotopic (exact) mass is 710 g/mol. The molecule has 11 heteroatoms. The molecule has 0 spiro atoms. The van der Waals surface area contributed by atoms with Crippen LogP contribution in [0.25, 0.3) is 0 Å². The van der Waals surface area contributed by atoms with Gasteiger partial charge in [-0.25, -0.2) is 4.57 Å². The van der Waals surface area contributed by atoms with Crippen LogP contribution in [0.15, 0.2) is 0 Å². The van der Waals surface area contributed by atoms with Gasteiger partial charge in [0.2, 0.25) is 0 Å². The minimum Gasteiger partial charge on any atom is -0.451 e. The number of phosphoric ester groups is 1. The van der Waals surface area contributed by atoms with E-state index in [0.717, 1.165) is 38.5 Å². The average molecular weight is 710 g/mol. The first-order valence-corrected chi connectivity index (χ1v) is 21.1. The lowest BCUT2D eigenvalue weighted by atomic mass is 10.0. The molecule has 0 aromatic carbocycles. The minimum absolute atomic E-state index is 0.107. The summed E-state index contributed by atoms with van der Waals surface area (Å²) < 4.78 is 19.1. The van der Waals surface area contributed by atoms with Gasteiger partial charge in [-0.15, -0.1) is 0 Å². The van der Waals surface area contributed by atoms with Crippen molar-refractivity contribution in [2.45, 2.75) is 206 Å². The predicted molar refractivity (Wildman–Crippen MR) is 196 cm³/mol. The molecule has 288 valence electrons. The lowest BCUT2D eigenvalue weighted by Crippen LogP contribution is -2.40. The highest BCUT2D eigenvalue weighted by atomic mass is 31.2. The number of carbonyl (C=O) groups excluding carboxylic acids is 2. The summed E-state index contributed by atoms with van der Waals surface area (Å²) in [5.41, 5.74) is 4.87. The zero-order chi connectivity index (χ0) is 36.1.